The minimum atomic E-state index is -0.607. The normalized spacial score (nSPS) is 27.0. The number of nitrogens with zero attached hydrogens (tertiary/aromatic N) is 3. The number of carbonyl (C=O) groups is 3. The first-order valence-electron chi connectivity index (χ1n) is 12.8. The Morgan fingerprint density at radius 3 is 2.64 bits per heavy atom. The highest BCUT2D eigenvalue weighted by Gasteiger charge is 2.41. The quantitative estimate of drug-likeness (QED) is 0.623. The highest BCUT2D eigenvalue weighted by atomic mass is 35.5. The summed E-state index contributed by atoms with van der Waals surface area (Å²) in [7, 11) is 0. The minimum absolute atomic E-state index is 0.0965. The molecule has 1 aliphatic carbocycles. The van der Waals surface area contributed by atoms with Crippen LogP contribution in [0, 0.1) is 0 Å². The summed E-state index contributed by atoms with van der Waals surface area (Å²) in [5, 5.41) is 3.01. The number of piperidine rings is 1. The second-order valence-corrected chi connectivity index (χ2v) is 10.7. The molecule has 3 fully saturated rings. The van der Waals surface area contributed by atoms with Gasteiger partial charge in [-0.25, -0.2) is 0 Å². The smallest absolute Gasteiger partial charge is 0.255 e. The molecular weight excluding hydrogens is 480 g/mol. The van der Waals surface area contributed by atoms with Gasteiger partial charge in [0.15, 0.2) is 0 Å². The third-order valence-corrected chi connectivity index (χ3v) is 8.22. The molecule has 1 aromatic heterocycles. The van der Waals surface area contributed by atoms with Gasteiger partial charge in [0.2, 0.25) is 11.8 Å². The van der Waals surface area contributed by atoms with E-state index in [1.807, 2.05) is 30.3 Å². The lowest BCUT2D eigenvalue weighted by Crippen LogP contribution is -2.57. The predicted octanol–water partition coefficient (Wildman–Crippen LogP) is 3.29. The maximum absolute atomic E-state index is 13.0. The van der Waals surface area contributed by atoms with Gasteiger partial charge < -0.3 is 9.64 Å². The Kier molecular flexibility index (Phi) is 6.17. The van der Waals surface area contributed by atoms with Gasteiger partial charge in [-0.2, -0.15) is 0 Å². The van der Waals surface area contributed by atoms with Crippen LogP contribution in [0.25, 0.3) is 0 Å². The molecule has 1 N–H and O–H groups in total. The van der Waals surface area contributed by atoms with Crippen molar-refractivity contribution in [3.63, 3.8) is 0 Å². The monoisotopic (exact) mass is 508 g/mol. The average Bonchev–Trinajstić information content (AvgIpc) is 3.16. The number of carbonyl (C=O) groups excluding carboxylic acids is 3. The van der Waals surface area contributed by atoms with Gasteiger partial charge in [-0.1, -0.05) is 18.0 Å². The Balaban J connectivity index is 1.11. The number of likely N-dealkylation sites (tertiary alicyclic amines) is 1. The van der Waals surface area contributed by atoms with Crippen LogP contribution in [0.5, 0.6) is 5.75 Å². The molecule has 3 atom stereocenters. The maximum Gasteiger partial charge on any atom is 0.255 e. The van der Waals surface area contributed by atoms with Crippen molar-refractivity contribution >= 4 is 29.3 Å². The number of aromatic nitrogens is 1. The summed E-state index contributed by atoms with van der Waals surface area (Å²) in [5.74, 6) is 0.352. The number of benzene rings is 1. The molecule has 0 radical (unpaired) electrons. The Labute approximate surface area is 214 Å². The van der Waals surface area contributed by atoms with Gasteiger partial charge in [-0.15, -0.1) is 0 Å². The molecule has 8 nitrogen and oxygen atoms in total. The van der Waals surface area contributed by atoms with Crippen molar-refractivity contribution in [2.24, 2.45) is 0 Å². The molecule has 9 heteroatoms. The number of hydrogen-bond acceptors (Lipinski definition) is 6. The molecule has 6 rings (SSSR count). The fourth-order valence-electron chi connectivity index (χ4n) is 6.03. The van der Waals surface area contributed by atoms with Crippen molar-refractivity contribution in [1.29, 1.82) is 0 Å². The van der Waals surface area contributed by atoms with Crippen LogP contribution in [0.2, 0.25) is 5.02 Å². The van der Waals surface area contributed by atoms with Crippen molar-refractivity contribution in [3.05, 3.63) is 58.4 Å². The molecule has 3 amide bonds. The number of rotatable bonds is 5. The Morgan fingerprint density at radius 2 is 1.86 bits per heavy atom. The maximum atomic E-state index is 13.0. The molecule has 0 bridgehead atoms. The first-order chi connectivity index (χ1) is 17.5. The molecule has 1 unspecified atom stereocenters. The number of fused-ring (bicyclic) bond motifs is 1. The van der Waals surface area contributed by atoms with E-state index in [1.165, 1.54) is 6.42 Å². The highest BCUT2D eigenvalue weighted by molar-refractivity contribution is 6.30. The van der Waals surface area contributed by atoms with Crippen LogP contribution < -0.4 is 10.1 Å². The molecule has 0 spiro atoms. The van der Waals surface area contributed by atoms with Crippen LogP contribution in [0.3, 0.4) is 0 Å². The van der Waals surface area contributed by atoms with Crippen molar-refractivity contribution < 1.29 is 19.1 Å². The van der Waals surface area contributed by atoms with Gasteiger partial charge in [0.05, 0.1) is 5.02 Å². The number of nitrogens with one attached hydrogen (secondary N) is 1. The number of hydrogen-bond donors (Lipinski definition) is 1. The van der Waals surface area contributed by atoms with E-state index < -0.39 is 11.9 Å². The highest BCUT2D eigenvalue weighted by Crippen LogP contribution is 2.36. The SMILES string of the molecule is O=C1CCC(N2Cc3cc(O[C@H]4CCCC[C@@H]4N4CC(c5ccc(Cl)cn5)C4)ccc3C2=O)C(=O)N1. The molecule has 36 heavy (non-hydrogen) atoms. The topological polar surface area (TPSA) is 91.8 Å². The summed E-state index contributed by atoms with van der Waals surface area (Å²) in [4.78, 5) is 45.4. The van der Waals surface area contributed by atoms with Crippen LogP contribution in [0.15, 0.2) is 36.5 Å². The van der Waals surface area contributed by atoms with E-state index in [-0.39, 0.29) is 24.3 Å². The third kappa shape index (κ3) is 4.37. The van der Waals surface area contributed by atoms with Gasteiger partial charge in [-0.3, -0.25) is 29.6 Å². The summed E-state index contributed by atoms with van der Waals surface area (Å²) in [6.07, 6.45) is 6.88. The summed E-state index contributed by atoms with van der Waals surface area (Å²) in [6.45, 7) is 2.30. The summed E-state index contributed by atoms with van der Waals surface area (Å²) in [5.41, 5.74) is 2.56. The largest absolute Gasteiger partial charge is 0.489 e. The van der Waals surface area contributed by atoms with Gasteiger partial charge in [0, 0.05) is 55.5 Å². The molecule has 1 aromatic carbocycles. The summed E-state index contributed by atoms with van der Waals surface area (Å²) < 4.78 is 6.53. The van der Waals surface area contributed by atoms with Crippen LogP contribution in [-0.2, 0) is 16.1 Å². The molecule has 2 saturated heterocycles. The lowest BCUT2D eigenvalue weighted by Gasteiger charge is -2.48. The standard InChI is InChI=1S/C27H29ClN4O4/c28-18-5-8-21(29-12-18)17-13-31(14-17)22-3-1-2-4-24(22)36-19-6-7-20-16(11-19)15-32(27(20)35)23-9-10-25(33)30-26(23)34/h5-8,11-12,17,22-24H,1-4,9-10,13-15H2,(H,30,33,34)/t22-,23?,24-/m0/s1. The van der Waals surface area contributed by atoms with E-state index in [0.717, 1.165) is 49.4 Å². The van der Waals surface area contributed by atoms with Crippen molar-refractivity contribution in [2.45, 2.75) is 69.2 Å². The van der Waals surface area contributed by atoms with Crippen molar-refractivity contribution in [1.82, 2.24) is 20.1 Å². The summed E-state index contributed by atoms with van der Waals surface area (Å²) in [6, 6.07) is 9.29. The first-order valence-corrected chi connectivity index (χ1v) is 13.1. The first kappa shape index (κ1) is 23.4. The zero-order valence-corrected chi connectivity index (χ0v) is 20.7. The zero-order chi connectivity index (χ0) is 24.8. The van der Waals surface area contributed by atoms with Crippen molar-refractivity contribution in [2.75, 3.05) is 13.1 Å². The van der Waals surface area contributed by atoms with Crippen LogP contribution in [-0.4, -0.2) is 63.8 Å². The molecule has 4 aliphatic rings. The number of ether oxygens (including phenoxy) is 1. The lowest BCUT2D eigenvalue weighted by atomic mass is 9.85. The molecule has 1 saturated carbocycles. The van der Waals surface area contributed by atoms with Crippen molar-refractivity contribution in [3.8, 4) is 5.75 Å². The number of halogens is 1. The van der Waals surface area contributed by atoms with Gasteiger partial charge >= 0.3 is 0 Å². The second kappa shape index (κ2) is 9.48. The van der Waals surface area contributed by atoms with Gasteiger partial charge in [0.1, 0.15) is 17.9 Å². The summed E-state index contributed by atoms with van der Waals surface area (Å²) >= 11 is 5.99. The van der Waals surface area contributed by atoms with E-state index in [0.29, 0.717) is 35.5 Å². The Hall–Kier alpha value is -2.97. The zero-order valence-electron chi connectivity index (χ0n) is 20.0. The number of imide groups is 1. The molecule has 4 heterocycles. The lowest BCUT2D eigenvalue weighted by molar-refractivity contribution is -0.136. The van der Waals surface area contributed by atoms with Gasteiger partial charge in [-0.05, 0) is 61.6 Å². The molecular formula is C27H29ClN4O4. The second-order valence-electron chi connectivity index (χ2n) is 10.3. The van der Waals surface area contributed by atoms with E-state index in [2.05, 4.69) is 15.2 Å². The molecule has 2 aromatic rings. The fourth-order valence-corrected chi connectivity index (χ4v) is 6.14. The molecule has 3 aliphatic heterocycles. The number of amides is 3. The Bertz CT molecular complexity index is 1200. The third-order valence-electron chi connectivity index (χ3n) is 8.00. The minimum Gasteiger partial charge on any atom is -0.489 e. The van der Waals surface area contributed by atoms with E-state index in [4.69, 9.17) is 16.3 Å². The van der Waals surface area contributed by atoms with E-state index in [1.54, 1.807) is 11.1 Å². The van der Waals surface area contributed by atoms with Crippen LogP contribution >= 0.6 is 11.6 Å². The Morgan fingerprint density at radius 1 is 1.03 bits per heavy atom. The van der Waals surface area contributed by atoms with Crippen LogP contribution in [0.4, 0.5) is 0 Å². The van der Waals surface area contributed by atoms with Gasteiger partial charge in [0.25, 0.3) is 5.91 Å². The molecule has 188 valence electrons. The number of pyridine rings is 1. The fraction of sp³-hybridized carbons (Fsp3) is 0.481. The predicted molar refractivity (Wildman–Crippen MR) is 133 cm³/mol. The van der Waals surface area contributed by atoms with E-state index >= 15 is 0 Å². The van der Waals surface area contributed by atoms with E-state index in [9.17, 15) is 14.4 Å². The average molecular weight is 509 g/mol. The van der Waals surface area contributed by atoms with Crippen LogP contribution in [0.1, 0.15) is 66.1 Å².